The van der Waals surface area contributed by atoms with E-state index in [1.165, 1.54) is 23.9 Å². The minimum Gasteiger partial charge on any atom is -0.480 e. The lowest BCUT2D eigenvalue weighted by atomic mass is 10.3. The molecular weight excluding hydrogens is 258 g/mol. The number of carbonyl (C=O) groups is 2. The fraction of sp³-hybridized carbons (Fsp3) is 0.400. The summed E-state index contributed by atoms with van der Waals surface area (Å²) < 4.78 is 1.35. The average molecular weight is 271 g/mol. The zero-order valence-corrected chi connectivity index (χ0v) is 10.7. The maximum Gasteiger partial charge on any atom is 0.327 e. The molecule has 0 saturated heterocycles. The molecule has 98 valence electrons. The van der Waals surface area contributed by atoms with Gasteiger partial charge in [0, 0.05) is 32.1 Å². The van der Waals surface area contributed by atoms with E-state index < -0.39 is 17.9 Å². The van der Waals surface area contributed by atoms with Crippen LogP contribution in [0, 0.1) is 0 Å². The summed E-state index contributed by atoms with van der Waals surface area (Å²) in [7, 11) is 1.58. The van der Waals surface area contributed by atoms with Crippen LogP contribution < -0.4 is 10.9 Å². The SMILES string of the molecule is CC(=O)NC(CSc1nccn(C)c1=O)C(=O)O. The number of hydrogen-bond donors (Lipinski definition) is 2. The Morgan fingerprint density at radius 3 is 2.83 bits per heavy atom. The number of amides is 1. The standard InChI is InChI=1S/C10H13N3O4S/c1-6(14)12-7(10(16)17)5-18-8-9(15)13(2)4-3-11-8/h3-4,7H,5H2,1-2H3,(H,12,14)(H,16,17). The molecule has 0 aromatic carbocycles. The van der Waals surface area contributed by atoms with Crippen molar-refractivity contribution in [3.05, 3.63) is 22.7 Å². The summed E-state index contributed by atoms with van der Waals surface area (Å²) in [5.74, 6) is -1.54. The zero-order chi connectivity index (χ0) is 13.7. The number of carbonyl (C=O) groups excluding carboxylic acids is 1. The monoisotopic (exact) mass is 271 g/mol. The second kappa shape index (κ2) is 6.20. The first-order valence-electron chi connectivity index (χ1n) is 5.06. The molecule has 0 aliphatic carbocycles. The van der Waals surface area contributed by atoms with Gasteiger partial charge in [0.1, 0.15) is 6.04 Å². The minimum absolute atomic E-state index is 0.0428. The van der Waals surface area contributed by atoms with Gasteiger partial charge in [-0.25, -0.2) is 9.78 Å². The van der Waals surface area contributed by atoms with E-state index in [-0.39, 0.29) is 16.3 Å². The van der Waals surface area contributed by atoms with Gasteiger partial charge >= 0.3 is 5.97 Å². The van der Waals surface area contributed by atoms with Crippen LogP contribution >= 0.6 is 11.8 Å². The van der Waals surface area contributed by atoms with E-state index in [4.69, 9.17) is 5.11 Å². The molecule has 0 bridgehead atoms. The lowest BCUT2D eigenvalue weighted by molar-refractivity contribution is -0.140. The Morgan fingerprint density at radius 1 is 1.61 bits per heavy atom. The summed E-state index contributed by atoms with van der Waals surface area (Å²) >= 11 is 1.000. The summed E-state index contributed by atoms with van der Waals surface area (Å²) in [6.07, 6.45) is 2.97. The molecule has 1 aromatic rings. The molecule has 0 fully saturated rings. The van der Waals surface area contributed by atoms with Crippen LogP contribution in [0.3, 0.4) is 0 Å². The lowest BCUT2D eigenvalue weighted by Crippen LogP contribution is -2.41. The lowest BCUT2D eigenvalue weighted by Gasteiger charge is -2.12. The van der Waals surface area contributed by atoms with E-state index in [1.807, 2.05) is 0 Å². The Morgan fingerprint density at radius 2 is 2.28 bits per heavy atom. The molecule has 0 radical (unpaired) electrons. The van der Waals surface area contributed by atoms with Crippen LogP contribution in [0.15, 0.2) is 22.2 Å². The van der Waals surface area contributed by atoms with Crippen LogP contribution in [0.25, 0.3) is 0 Å². The Balaban J connectivity index is 2.73. The third kappa shape index (κ3) is 3.88. The summed E-state index contributed by atoms with van der Waals surface area (Å²) in [5, 5.41) is 11.4. The third-order valence-electron chi connectivity index (χ3n) is 2.05. The molecule has 0 saturated carbocycles. The van der Waals surface area contributed by atoms with Crippen LogP contribution in [0.4, 0.5) is 0 Å². The third-order valence-corrected chi connectivity index (χ3v) is 3.10. The summed E-state index contributed by atoms with van der Waals surface area (Å²) in [6, 6.07) is -1.04. The van der Waals surface area contributed by atoms with E-state index in [0.717, 1.165) is 11.8 Å². The van der Waals surface area contributed by atoms with E-state index in [2.05, 4.69) is 10.3 Å². The Hall–Kier alpha value is -1.83. The smallest absolute Gasteiger partial charge is 0.327 e. The molecule has 1 atom stereocenters. The Labute approximate surface area is 107 Å². The topological polar surface area (TPSA) is 101 Å². The van der Waals surface area contributed by atoms with E-state index >= 15 is 0 Å². The number of hydrogen-bond acceptors (Lipinski definition) is 5. The molecule has 0 aliphatic rings. The van der Waals surface area contributed by atoms with Crippen LogP contribution in [-0.4, -0.2) is 38.3 Å². The van der Waals surface area contributed by atoms with Gasteiger partial charge in [-0.3, -0.25) is 9.59 Å². The normalized spacial score (nSPS) is 11.9. The molecule has 1 unspecified atom stereocenters. The van der Waals surface area contributed by atoms with Crippen molar-refractivity contribution in [3.63, 3.8) is 0 Å². The molecule has 8 heteroatoms. The van der Waals surface area contributed by atoms with Crippen molar-refractivity contribution in [2.24, 2.45) is 7.05 Å². The highest BCUT2D eigenvalue weighted by molar-refractivity contribution is 7.99. The number of aromatic nitrogens is 2. The molecular formula is C10H13N3O4S. The fourth-order valence-corrected chi connectivity index (χ4v) is 2.11. The molecule has 1 rings (SSSR count). The predicted octanol–water partition coefficient (Wildman–Crippen LogP) is -0.538. The van der Waals surface area contributed by atoms with E-state index in [0.29, 0.717) is 0 Å². The Kier molecular flexibility index (Phi) is 4.90. The molecule has 1 aromatic heterocycles. The Bertz CT molecular complexity index is 514. The predicted molar refractivity (Wildman–Crippen MR) is 65.4 cm³/mol. The quantitative estimate of drug-likeness (QED) is 0.698. The molecule has 0 aliphatic heterocycles. The second-order valence-corrected chi connectivity index (χ2v) is 4.56. The van der Waals surface area contributed by atoms with Crippen molar-refractivity contribution in [2.45, 2.75) is 18.0 Å². The van der Waals surface area contributed by atoms with Crippen LogP contribution in [0.2, 0.25) is 0 Å². The van der Waals surface area contributed by atoms with Crippen LogP contribution in [-0.2, 0) is 16.6 Å². The zero-order valence-electron chi connectivity index (χ0n) is 9.91. The minimum atomic E-state index is -1.15. The first-order valence-corrected chi connectivity index (χ1v) is 6.04. The van der Waals surface area contributed by atoms with Crippen molar-refractivity contribution in [2.75, 3.05) is 5.75 Å². The van der Waals surface area contributed by atoms with Crippen LogP contribution in [0.5, 0.6) is 0 Å². The molecule has 0 spiro atoms. The van der Waals surface area contributed by atoms with Crippen LogP contribution in [0.1, 0.15) is 6.92 Å². The van der Waals surface area contributed by atoms with Gasteiger partial charge < -0.3 is 15.0 Å². The molecule has 18 heavy (non-hydrogen) atoms. The average Bonchev–Trinajstić information content (AvgIpc) is 2.28. The number of carboxylic acids is 1. The number of nitrogens with zero attached hydrogens (tertiary/aromatic N) is 2. The van der Waals surface area contributed by atoms with Crippen molar-refractivity contribution >= 4 is 23.6 Å². The number of aliphatic carboxylic acids is 1. The largest absolute Gasteiger partial charge is 0.480 e. The van der Waals surface area contributed by atoms with Crippen molar-refractivity contribution in [1.82, 2.24) is 14.9 Å². The molecule has 2 N–H and O–H groups in total. The van der Waals surface area contributed by atoms with Gasteiger partial charge in [-0.2, -0.15) is 0 Å². The van der Waals surface area contributed by atoms with E-state index in [9.17, 15) is 14.4 Å². The number of rotatable bonds is 5. The molecule has 1 heterocycles. The van der Waals surface area contributed by atoms with E-state index in [1.54, 1.807) is 7.05 Å². The van der Waals surface area contributed by atoms with Gasteiger partial charge in [-0.1, -0.05) is 11.8 Å². The summed E-state index contributed by atoms with van der Waals surface area (Å²) in [6.45, 7) is 1.24. The molecule has 1 amide bonds. The maximum atomic E-state index is 11.6. The van der Waals surface area contributed by atoms with Crippen molar-refractivity contribution in [1.29, 1.82) is 0 Å². The first kappa shape index (κ1) is 14.2. The summed E-state index contributed by atoms with van der Waals surface area (Å²) in [4.78, 5) is 37.2. The number of aryl methyl sites for hydroxylation is 1. The fourth-order valence-electron chi connectivity index (χ4n) is 1.16. The first-order chi connectivity index (χ1) is 8.41. The molecule has 7 nitrogen and oxygen atoms in total. The van der Waals surface area contributed by atoms with Gasteiger partial charge in [-0.05, 0) is 0 Å². The van der Waals surface area contributed by atoms with Gasteiger partial charge in [0.05, 0.1) is 0 Å². The van der Waals surface area contributed by atoms with Gasteiger partial charge in [0.15, 0.2) is 5.03 Å². The van der Waals surface area contributed by atoms with Gasteiger partial charge in [-0.15, -0.1) is 0 Å². The second-order valence-electron chi connectivity index (χ2n) is 3.55. The number of carboxylic acid groups (broad SMARTS) is 1. The highest BCUT2D eigenvalue weighted by Crippen LogP contribution is 2.11. The highest BCUT2D eigenvalue weighted by Gasteiger charge is 2.19. The number of thioether (sulfide) groups is 1. The maximum absolute atomic E-state index is 11.6. The van der Waals surface area contributed by atoms with Gasteiger partial charge in [0.2, 0.25) is 5.91 Å². The number of nitrogens with one attached hydrogen (secondary N) is 1. The van der Waals surface area contributed by atoms with Crippen molar-refractivity contribution in [3.8, 4) is 0 Å². The van der Waals surface area contributed by atoms with Gasteiger partial charge in [0.25, 0.3) is 5.56 Å². The van der Waals surface area contributed by atoms with Crippen molar-refractivity contribution < 1.29 is 14.7 Å². The summed E-state index contributed by atoms with van der Waals surface area (Å²) in [5.41, 5.74) is -0.297. The highest BCUT2D eigenvalue weighted by atomic mass is 32.2.